The highest BCUT2D eigenvalue weighted by atomic mass is 16.2. The van der Waals surface area contributed by atoms with E-state index >= 15 is 0 Å². The summed E-state index contributed by atoms with van der Waals surface area (Å²) in [5, 5.41) is 3.37. The van der Waals surface area contributed by atoms with Crippen molar-refractivity contribution in [1.29, 1.82) is 0 Å². The Morgan fingerprint density at radius 2 is 1.76 bits per heavy atom. The van der Waals surface area contributed by atoms with Crippen molar-refractivity contribution in [2.45, 2.75) is 91.5 Å². The third-order valence-electron chi connectivity index (χ3n) is 11.4. The van der Waals surface area contributed by atoms with Gasteiger partial charge in [0, 0.05) is 25.0 Å². The summed E-state index contributed by atoms with van der Waals surface area (Å²) in [6, 6.07) is 8.98. The van der Waals surface area contributed by atoms with Gasteiger partial charge in [-0.05, 0) is 104 Å². The topological polar surface area (TPSA) is 49.4 Å². The van der Waals surface area contributed by atoms with Gasteiger partial charge in [-0.25, -0.2) is 0 Å². The van der Waals surface area contributed by atoms with Crippen LogP contribution in [0.4, 0.5) is 0 Å². The first-order chi connectivity index (χ1) is 17.5. The molecule has 1 aromatic carbocycles. The normalized spacial score (nSPS) is 37.6. The summed E-state index contributed by atoms with van der Waals surface area (Å²) < 4.78 is 0. The number of rotatable bonds is 6. The van der Waals surface area contributed by atoms with E-state index in [-0.39, 0.29) is 23.1 Å². The van der Waals surface area contributed by atoms with Crippen LogP contribution in [0.2, 0.25) is 0 Å². The van der Waals surface area contributed by atoms with Gasteiger partial charge in [-0.15, -0.1) is 0 Å². The number of nitrogens with one attached hydrogen (secondary N) is 1. The second-order valence-corrected chi connectivity index (χ2v) is 13.7. The fraction of sp³-hybridized carbons (Fsp3) is 0.697. The maximum absolute atomic E-state index is 13.2. The highest BCUT2D eigenvalue weighted by molar-refractivity contribution is 5.89. The number of hydrogen-bond donors (Lipinski definition) is 1. The molecular formula is C33H48N2O2. The summed E-state index contributed by atoms with van der Waals surface area (Å²) >= 11 is 0. The van der Waals surface area contributed by atoms with Crippen molar-refractivity contribution in [3.63, 3.8) is 0 Å². The first-order valence-corrected chi connectivity index (χ1v) is 14.9. The fourth-order valence-electron chi connectivity index (χ4n) is 9.12. The number of benzene rings is 1. The molecule has 1 N–H and O–H groups in total. The standard InChI is InChI=1S/C33H48N2O2/c1-21(2)19-23-7-9-24(10-8-23)22(3)31(37)34-20-25-11-13-27-26-12-14-29-33(5,18-16-30(36)35(29)6)28(26)15-17-32(25,27)4/h7-10,16,18,21-22,25-29H,11-15,17,19-20H2,1-6H3,(H,34,37)/t22?,25-,26+,27+,28+,29-,32-,33-/m1/s1. The van der Waals surface area contributed by atoms with Crippen molar-refractivity contribution < 1.29 is 9.59 Å². The predicted octanol–water partition coefficient (Wildman–Crippen LogP) is 6.36. The van der Waals surface area contributed by atoms with Gasteiger partial charge >= 0.3 is 0 Å². The van der Waals surface area contributed by atoms with Crippen LogP contribution in [-0.2, 0) is 16.0 Å². The van der Waals surface area contributed by atoms with Crippen molar-refractivity contribution >= 4 is 11.8 Å². The van der Waals surface area contributed by atoms with Crippen LogP contribution in [0, 0.1) is 40.4 Å². The highest BCUT2D eigenvalue weighted by Gasteiger charge is 2.60. The molecular weight excluding hydrogens is 456 g/mol. The monoisotopic (exact) mass is 504 g/mol. The lowest BCUT2D eigenvalue weighted by Gasteiger charge is -2.60. The third kappa shape index (κ3) is 4.57. The minimum atomic E-state index is -0.123. The lowest BCUT2D eigenvalue weighted by atomic mass is 9.47. The molecule has 4 heteroatoms. The second kappa shape index (κ2) is 9.89. The number of carbonyl (C=O) groups excluding carboxylic acids is 2. The van der Waals surface area contributed by atoms with Gasteiger partial charge in [0.1, 0.15) is 0 Å². The minimum Gasteiger partial charge on any atom is -0.355 e. The molecule has 1 aromatic rings. The highest BCUT2D eigenvalue weighted by Crippen LogP contribution is 2.65. The molecule has 1 aliphatic heterocycles. The maximum atomic E-state index is 13.2. The van der Waals surface area contributed by atoms with Crippen LogP contribution in [0.3, 0.4) is 0 Å². The molecule has 3 aliphatic carbocycles. The summed E-state index contributed by atoms with van der Waals surface area (Å²) in [5.41, 5.74) is 2.85. The summed E-state index contributed by atoms with van der Waals surface area (Å²) in [6.45, 7) is 12.3. The second-order valence-electron chi connectivity index (χ2n) is 13.7. The molecule has 3 saturated carbocycles. The molecule has 37 heavy (non-hydrogen) atoms. The molecule has 2 amide bonds. The zero-order valence-corrected chi connectivity index (χ0v) is 23.9. The quantitative estimate of drug-likeness (QED) is 0.490. The molecule has 4 aliphatic rings. The zero-order chi connectivity index (χ0) is 26.5. The Morgan fingerprint density at radius 1 is 1.03 bits per heavy atom. The first-order valence-electron chi connectivity index (χ1n) is 14.9. The van der Waals surface area contributed by atoms with Crippen LogP contribution in [0.5, 0.6) is 0 Å². The number of carbonyl (C=O) groups is 2. The number of hydrogen-bond acceptors (Lipinski definition) is 2. The van der Waals surface area contributed by atoms with Gasteiger partial charge < -0.3 is 10.2 Å². The van der Waals surface area contributed by atoms with E-state index in [1.165, 1.54) is 37.7 Å². The Morgan fingerprint density at radius 3 is 2.46 bits per heavy atom. The summed E-state index contributed by atoms with van der Waals surface area (Å²) in [7, 11) is 2.00. The average molecular weight is 505 g/mol. The van der Waals surface area contributed by atoms with Crippen molar-refractivity contribution in [1.82, 2.24) is 10.2 Å². The van der Waals surface area contributed by atoms with Crippen molar-refractivity contribution in [3.05, 3.63) is 47.5 Å². The van der Waals surface area contributed by atoms with Crippen LogP contribution in [0.15, 0.2) is 36.4 Å². The van der Waals surface area contributed by atoms with Gasteiger partial charge in [-0.3, -0.25) is 9.59 Å². The molecule has 5 rings (SSSR count). The van der Waals surface area contributed by atoms with Gasteiger partial charge in [0.2, 0.25) is 11.8 Å². The molecule has 1 heterocycles. The number of likely N-dealkylation sites (N-methyl/N-ethyl adjacent to an activating group) is 1. The molecule has 1 unspecified atom stereocenters. The predicted molar refractivity (Wildman–Crippen MR) is 150 cm³/mol. The Balaban J connectivity index is 1.22. The fourth-order valence-corrected chi connectivity index (χ4v) is 9.12. The van der Waals surface area contributed by atoms with E-state index in [4.69, 9.17) is 0 Å². The van der Waals surface area contributed by atoms with E-state index in [1.807, 2.05) is 24.9 Å². The van der Waals surface area contributed by atoms with Gasteiger partial charge in [0.15, 0.2) is 0 Å². The molecule has 202 valence electrons. The molecule has 0 spiro atoms. The Labute approximate surface area is 224 Å². The van der Waals surface area contributed by atoms with E-state index in [1.54, 1.807) is 0 Å². The first kappa shape index (κ1) is 26.5. The number of nitrogens with zero attached hydrogens (tertiary/aromatic N) is 1. The van der Waals surface area contributed by atoms with Crippen molar-refractivity contribution in [3.8, 4) is 0 Å². The largest absolute Gasteiger partial charge is 0.355 e. The Bertz CT molecular complexity index is 1040. The van der Waals surface area contributed by atoms with Crippen molar-refractivity contribution in [2.24, 2.45) is 40.4 Å². The molecule has 0 saturated heterocycles. The minimum absolute atomic E-state index is 0.0966. The van der Waals surface area contributed by atoms with Gasteiger partial charge in [-0.1, -0.05) is 58.0 Å². The summed E-state index contributed by atoms with van der Waals surface area (Å²) in [4.78, 5) is 27.5. The number of fused-ring (bicyclic) bond motifs is 5. The maximum Gasteiger partial charge on any atom is 0.246 e. The molecule has 0 bridgehead atoms. The van der Waals surface area contributed by atoms with Crippen LogP contribution in [0.25, 0.3) is 0 Å². The molecule has 4 nitrogen and oxygen atoms in total. The number of amides is 2. The van der Waals surface area contributed by atoms with E-state index < -0.39 is 0 Å². The molecule has 3 fully saturated rings. The van der Waals surface area contributed by atoms with E-state index in [2.05, 4.69) is 63.4 Å². The Kier molecular flexibility index (Phi) is 7.09. The molecule has 0 aromatic heterocycles. The van der Waals surface area contributed by atoms with Gasteiger partial charge in [-0.2, -0.15) is 0 Å². The van der Waals surface area contributed by atoms with E-state index in [0.29, 0.717) is 29.2 Å². The lowest BCUT2D eigenvalue weighted by molar-refractivity contribution is -0.139. The van der Waals surface area contributed by atoms with Gasteiger partial charge in [0.25, 0.3) is 0 Å². The smallest absolute Gasteiger partial charge is 0.246 e. The third-order valence-corrected chi connectivity index (χ3v) is 11.4. The summed E-state index contributed by atoms with van der Waals surface area (Å²) in [5.74, 6) is 3.51. The van der Waals surface area contributed by atoms with Crippen LogP contribution < -0.4 is 5.32 Å². The molecule has 0 radical (unpaired) electrons. The zero-order valence-electron chi connectivity index (χ0n) is 23.9. The van der Waals surface area contributed by atoms with E-state index in [9.17, 15) is 9.59 Å². The van der Waals surface area contributed by atoms with E-state index in [0.717, 1.165) is 36.8 Å². The summed E-state index contributed by atoms with van der Waals surface area (Å²) in [6.07, 6.45) is 12.5. The van der Waals surface area contributed by atoms with Crippen molar-refractivity contribution in [2.75, 3.05) is 13.6 Å². The Hall–Kier alpha value is -2.10. The molecule has 8 atom stereocenters. The van der Waals surface area contributed by atoms with Crippen LogP contribution in [-0.4, -0.2) is 36.3 Å². The average Bonchev–Trinajstić information content (AvgIpc) is 3.21. The van der Waals surface area contributed by atoms with Gasteiger partial charge in [0.05, 0.1) is 5.92 Å². The lowest BCUT2D eigenvalue weighted by Crippen LogP contribution is -2.59. The van der Waals surface area contributed by atoms with Crippen LogP contribution >= 0.6 is 0 Å². The SMILES string of the molecule is CC(C)Cc1ccc(C(C)C(=O)NC[C@H]2CC[C@H]3[C@@H]4CC[C@H]5N(C)C(=O)C=C[C@]5(C)[C@H]4CC[C@]23C)cc1. The van der Waals surface area contributed by atoms with Crippen LogP contribution in [0.1, 0.15) is 90.2 Å².